The van der Waals surface area contributed by atoms with Crippen molar-refractivity contribution >= 4 is 15.9 Å². The smallest absolute Gasteiger partial charge is 0.0727 e. The van der Waals surface area contributed by atoms with E-state index in [9.17, 15) is 0 Å². The molecule has 0 fully saturated rings. The number of hydrogen-bond donors (Lipinski definition) is 2. The highest BCUT2D eigenvalue weighted by atomic mass is 79.9. The van der Waals surface area contributed by atoms with Gasteiger partial charge in [-0.25, -0.2) is 0 Å². The number of hydrogen-bond acceptors (Lipinski definition) is 4. The van der Waals surface area contributed by atoms with Crippen LogP contribution in [0.3, 0.4) is 0 Å². The summed E-state index contributed by atoms with van der Waals surface area (Å²) in [5, 5.41) is 17.4. The van der Waals surface area contributed by atoms with E-state index in [0.29, 0.717) is 26.4 Å². The van der Waals surface area contributed by atoms with Crippen molar-refractivity contribution in [2.45, 2.75) is 38.9 Å². The quantitative estimate of drug-likeness (QED) is 0.562. The van der Waals surface area contributed by atoms with Gasteiger partial charge in [0.1, 0.15) is 0 Å². The molecule has 0 heterocycles. The van der Waals surface area contributed by atoms with Crippen LogP contribution in [-0.2, 0) is 22.7 Å². The van der Waals surface area contributed by atoms with Gasteiger partial charge in [-0.2, -0.15) is 0 Å². The molecule has 0 spiro atoms. The van der Waals surface area contributed by atoms with Gasteiger partial charge in [0, 0.05) is 30.9 Å². The molecular formula is C16H25BrO4. The molecule has 5 heteroatoms. The fourth-order valence-electron chi connectivity index (χ4n) is 1.85. The van der Waals surface area contributed by atoms with Gasteiger partial charge in [0.2, 0.25) is 0 Å². The summed E-state index contributed by atoms with van der Waals surface area (Å²) >= 11 is 3.61. The summed E-state index contributed by atoms with van der Waals surface area (Å²) in [6.07, 6.45) is 3.31. The topological polar surface area (TPSA) is 58.9 Å². The van der Waals surface area contributed by atoms with E-state index in [2.05, 4.69) is 15.9 Å². The first-order valence-electron chi connectivity index (χ1n) is 7.43. The molecule has 1 aromatic rings. The van der Waals surface area contributed by atoms with Crippen molar-refractivity contribution in [3.05, 3.63) is 33.8 Å². The Morgan fingerprint density at radius 3 is 1.71 bits per heavy atom. The third-order valence-electron chi connectivity index (χ3n) is 3.07. The molecule has 120 valence electrons. The summed E-state index contributed by atoms with van der Waals surface area (Å²) in [4.78, 5) is 0. The predicted molar refractivity (Wildman–Crippen MR) is 86.1 cm³/mol. The van der Waals surface area contributed by atoms with Crippen LogP contribution in [0, 0.1) is 0 Å². The monoisotopic (exact) mass is 360 g/mol. The molecule has 0 aromatic heterocycles. The van der Waals surface area contributed by atoms with Gasteiger partial charge in [0.15, 0.2) is 0 Å². The average molecular weight is 361 g/mol. The Kier molecular flexibility index (Phi) is 10.7. The SMILES string of the molecule is OCCCCOCc1cccc(COCCCCO)c1Br. The number of aliphatic hydroxyl groups is 2. The molecule has 2 N–H and O–H groups in total. The molecule has 1 rings (SSSR count). The maximum absolute atomic E-state index is 8.71. The van der Waals surface area contributed by atoms with Crippen molar-refractivity contribution < 1.29 is 19.7 Å². The van der Waals surface area contributed by atoms with Crippen LogP contribution in [-0.4, -0.2) is 36.6 Å². The predicted octanol–water partition coefficient (Wildman–Crippen LogP) is 3.03. The van der Waals surface area contributed by atoms with Gasteiger partial charge in [0.05, 0.1) is 13.2 Å². The molecule has 0 amide bonds. The minimum atomic E-state index is 0.218. The Morgan fingerprint density at radius 1 is 0.810 bits per heavy atom. The number of unbranched alkanes of at least 4 members (excludes halogenated alkanes) is 2. The summed E-state index contributed by atoms with van der Waals surface area (Å²) in [6, 6.07) is 6.07. The zero-order valence-corrected chi connectivity index (χ0v) is 14.0. The standard InChI is InChI=1S/C16H25BrO4/c17-16-14(12-20-10-3-1-8-18)6-5-7-15(16)13-21-11-4-2-9-19/h5-7,18-19H,1-4,8-13H2. The maximum atomic E-state index is 8.71. The molecule has 0 atom stereocenters. The Hall–Kier alpha value is -0.460. The highest BCUT2D eigenvalue weighted by Gasteiger charge is 2.06. The summed E-state index contributed by atoms with van der Waals surface area (Å²) in [7, 11) is 0. The summed E-state index contributed by atoms with van der Waals surface area (Å²) in [5.41, 5.74) is 2.21. The van der Waals surface area contributed by atoms with Gasteiger partial charge < -0.3 is 19.7 Å². The van der Waals surface area contributed by atoms with Crippen molar-refractivity contribution in [2.75, 3.05) is 26.4 Å². The summed E-state index contributed by atoms with van der Waals surface area (Å²) < 4.78 is 12.2. The van der Waals surface area contributed by atoms with E-state index in [1.807, 2.05) is 18.2 Å². The fourth-order valence-corrected chi connectivity index (χ4v) is 2.35. The highest BCUT2D eigenvalue weighted by molar-refractivity contribution is 9.10. The first-order chi connectivity index (χ1) is 10.3. The third-order valence-corrected chi connectivity index (χ3v) is 4.09. The molecule has 0 aliphatic heterocycles. The fraction of sp³-hybridized carbons (Fsp3) is 0.625. The van der Waals surface area contributed by atoms with Crippen LogP contribution in [0.15, 0.2) is 22.7 Å². The molecule has 0 bridgehead atoms. The van der Waals surface area contributed by atoms with Gasteiger partial charge in [-0.3, -0.25) is 0 Å². The molecule has 0 saturated carbocycles. The highest BCUT2D eigenvalue weighted by Crippen LogP contribution is 2.23. The lowest BCUT2D eigenvalue weighted by Gasteiger charge is -2.11. The van der Waals surface area contributed by atoms with E-state index in [1.165, 1.54) is 0 Å². The van der Waals surface area contributed by atoms with Gasteiger partial charge in [-0.05, 0) is 36.8 Å². The zero-order valence-electron chi connectivity index (χ0n) is 12.4. The Bertz CT molecular complexity index is 352. The molecule has 1 aromatic carbocycles. The van der Waals surface area contributed by atoms with Crippen molar-refractivity contribution in [3.8, 4) is 0 Å². The van der Waals surface area contributed by atoms with Crippen LogP contribution in [0.5, 0.6) is 0 Å². The lowest BCUT2D eigenvalue weighted by atomic mass is 10.1. The molecule has 0 saturated heterocycles. The molecule has 0 aliphatic rings. The van der Waals surface area contributed by atoms with Crippen LogP contribution in [0.4, 0.5) is 0 Å². The second-order valence-electron chi connectivity index (χ2n) is 4.86. The molecule has 4 nitrogen and oxygen atoms in total. The van der Waals surface area contributed by atoms with Crippen LogP contribution in [0.1, 0.15) is 36.8 Å². The molecular weight excluding hydrogens is 336 g/mol. The minimum Gasteiger partial charge on any atom is -0.396 e. The number of halogens is 1. The second-order valence-corrected chi connectivity index (χ2v) is 5.65. The van der Waals surface area contributed by atoms with Gasteiger partial charge in [-0.1, -0.05) is 34.1 Å². The number of ether oxygens (including phenoxy) is 2. The summed E-state index contributed by atoms with van der Waals surface area (Å²) in [6.45, 7) is 2.88. The van der Waals surface area contributed by atoms with Gasteiger partial charge >= 0.3 is 0 Å². The first kappa shape index (κ1) is 18.6. The third kappa shape index (κ3) is 7.93. The maximum Gasteiger partial charge on any atom is 0.0727 e. The Morgan fingerprint density at radius 2 is 1.29 bits per heavy atom. The van der Waals surface area contributed by atoms with E-state index in [1.54, 1.807) is 0 Å². The van der Waals surface area contributed by atoms with E-state index in [4.69, 9.17) is 19.7 Å². The normalized spacial score (nSPS) is 11.0. The van der Waals surface area contributed by atoms with Crippen molar-refractivity contribution in [1.29, 1.82) is 0 Å². The van der Waals surface area contributed by atoms with Gasteiger partial charge in [0.25, 0.3) is 0 Å². The Balaban J connectivity index is 2.35. The molecule has 0 unspecified atom stereocenters. The van der Waals surface area contributed by atoms with E-state index >= 15 is 0 Å². The molecule has 21 heavy (non-hydrogen) atoms. The van der Waals surface area contributed by atoms with Crippen molar-refractivity contribution in [1.82, 2.24) is 0 Å². The lowest BCUT2D eigenvalue weighted by Crippen LogP contribution is -2.01. The van der Waals surface area contributed by atoms with Crippen LogP contribution in [0.25, 0.3) is 0 Å². The number of benzene rings is 1. The second kappa shape index (κ2) is 12.1. The number of rotatable bonds is 12. The molecule has 0 aliphatic carbocycles. The minimum absolute atomic E-state index is 0.218. The zero-order chi connectivity index (χ0) is 15.3. The van der Waals surface area contributed by atoms with Gasteiger partial charge in [-0.15, -0.1) is 0 Å². The van der Waals surface area contributed by atoms with E-state index in [-0.39, 0.29) is 13.2 Å². The van der Waals surface area contributed by atoms with Crippen molar-refractivity contribution in [2.24, 2.45) is 0 Å². The van der Waals surface area contributed by atoms with E-state index < -0.39 is 0 Å². The summed E-state index contributed by atoms with van der Waals surface area (Å²) in [5.74, 6) is 0. The Labute approximate surface area is 135 Å². The lowest BCUT2D eigenvalue weighted by molar-refractivity contribution is 0.108. The average Bonchev–Trinajstić information content (AvgIpc) is 2.50. The van der Waals surface area contributed by atoms with Crippen LogP contribution in [0.2, 0.25) is 0 Å². The number of aliphatic hydroxyl groups excluding tert-OH is 2. The van der Waals surface area contributed by atoms with Crippen LogP contribution < -0.4 is 0 Å². The molecule has 0 radical (unpaired) electrons. The largest absolute Gasteiger partial charge is 0.396 e. The van der Waals surface area contributed by atoms with Crippen molar-refractivity contribution in [3.63, 3.8) is 0 Å². The first-order valence-corrected chi connectivity index (χ1v) is 8.22. The van der Waals surface area contributed by atoms with E-state index in [0.717, 1.165) is 41.3 Å². The van der Waals surface area contributed by atoms with Crippen LogP contribution >= 0.6 is 15.9 Å².